The normalized spacial score (nSPS) is 11.1. The number of nitrogens with one attached hydrogen (secondary N) is 1. The monoisotopic (exact) mass is 517 g/mol. The van der Waals surface area contributed by atoms with Gasteiger partial charge in [-0.2, -0.15) is 0 Å². The maximum absolute atomic E-state index is 3.25. The molecular formula is C39H35N. The molecule has 0 bridgehead atoms. The van der Waals surface area contributed by atoms with Gasteiger partial charge in [0.05, 0.1) is 0 Å². The molecule has 1 heteroatoms. The van der Waals surface area contributed by atoms with E-state index in [9.17, 15) is 0 Å². The van der Waals surface area contributed by atoms with E-state index >= 15 is 0 Å². The summed E-state index contributed by atoms with van der Waals surface area (Å²) in [6.07, 6.45) is 0. The largest absolute Gasteiger partial charge is 0.388 e. The number of rotatable bonds is 5. The van der Waals surface area contributed by atoms with Crippen molar-refractivity contribution in [1.29, 1.82) is 0 Å². The molecule has 0 saturated heterocycles. The van der Waals surface area contributed by atoms with Crippen LogP contribution >= 0.6 is 0 Å². The lowest BCUT2D eigenvalue weighted by Gasteiger charge is -2.19. The summed E-state index contributed by atoms with van der Waals surface area (Å²) in [5.41, 5.74) is 16.4. The number of aryl methyl sites for hydroxylation is 3. The van der Waals surface area contributed by atoms with Gasteiger partial charge in [0, 0.05) is 12.7 Å². The predicted octanol–water partition coefficient (Wildman–Crippen LogP) is 10.8. The third-order valence-corrected chi connectivity index (χ3v) is 8.09. The first-order valence-corrected chi connectivity index (χ1v) is 14.0. The fourth-order valence-electron chi connectivity index (χ4n) is 6.09. The Bertz CT molecular complexity index is 1840. The molecule has 40 heavy (non-hydrogen) atoms. The Morgan fingerprint density at radius 2 is 1.18 bits per heavy atom. The minimum absolute atomic E-state index is 1.11. The third-order valence-electron chi connectivity index (χ3n) is 8.09. The molecule has 0 heterocycles. The number of anilines is 1. The van der Waals surface area contributed by atoms with Gasteiger partial charge >= 0.3 is 0 Å². The van der Waals surface area contributed by atoms with Crippen molar-refractivity contribution in [3.8, 4) is 44.5 Å². The van der Waals surface area contributed by atoms with E-state index in [1.807, 2.05) is 7.05 Å². The van der Waals surface area contributed by atoms with Crippen LogP contribution < -0.4 is 5.32 Å². The molecule has 0 saturated carbocycles. The molecule has 0 aliphatic carbocycles. The zero-order chi connectivity index (χ0) is 27.8. The van der Waals surface area contributed by atoms with Crippen LogP contribution in [-0.4, -0.2) is 7.05 Å². The molecule has 0 aliphatic heterocycles. The summed E-state index contributed by atoms with van der Waals surface area (Å²) < 4.78 is 0. The van der Waals surface area contributed by atoms with Crippen LogP contribution in [0.1, 0.15) is 22.3 Å². The summed E-state index contributed by atoms with van der Waals surface area (Å²) >= 11 is 0. The zero-order valence-corrected chi connectivity index (χ0v) is 24.0. The van der Waals surface area contributed by atoms with Crippen LogP contribution in [0.25, 0.3) is 55.3 Å². The summed E-state index contributed by atoms with van der Waals surface area (Å²) in [5, 5.41) is 5.82. The molecule has 0 aromatic heterocycles. The summed E-state index contributed by atoms with van der Waals surface area (Å²) in [5.74, 6) is 0. The Hall–Kier alpha value is -4.62. The summed E-state index contributed by atoms with van der Waals surface area (Å²) in [4.78, 5) is 0. The first-order valence-electron chi connectivity index (χ1n) is 14.0. The zero-order valence-electron chi connectivity index (χ0n) is 24.0. The minimum atomic E-state index is 1.11. The lowest BCUT2D eigenvalue weighted by molar-refractivity contribution is 1.38. The minimum Gasteiger partial charge on any atom is -0.388 e. The van der Waals surface area contributed by atoms with Crippen molar-refractivity contribution in [3.05, 3.63) is 138 Å². The molecule has 0 atom stereocenters. The van der Waals surface area contributed by atoms with Gasteiger partial charge in [-0.3, -0.25) is 0 Å². The van der Waals surface area contributed by atoms with Gasteiger partial charge in [-0.05, 0) is 112 Å². The van der Waals surface area contributed by atoms with Crippen molar-refractivity contribution >= 4 is 16.5 Å². The molecule has 6 aromatic carbocycles. The van der Waals surface area contributed by atoms with Crippen molar-refractivity contribution in [3.63, 3.8) is 0 Å². The third kappa shape index (κ3) is 4.69. The van der Waals surface area contributed by atoms with Crippen LogP contribution in [-0.2, 0) is 0 Å². The molecule has 0 spiro atoms. The van der Waals surface area contributed by atoms with Gasteiger partial charge in [0.25, 0.3) is 0 Å². The maximum Gasteiger partial charge on any atom is 0.0337 e. The number of fused-ring (bicyclic) bond motifs is 1. The number of benzene rings is 6. The van der Waals surface area contributed by atoms with E-state index < -0.39 is 0 Å². The predicted molar refractivity (Wildman–Crippen MR) is 174 cm³/mol. The molecule has 1 N–H and O–H groups in total. The van der Waals surface area contributed by atoms with Crippen LogP contribution in [0.4, 0.5) is 5.69 Å². The van der Waals surface area contributed by atoms with Gasteiger partial charge in [-0.15, -0.1) is 0 Å². The first kappa shape index (κ1) is 25.6. The Balaban J connectivity index is 1.60. The second kappa shape index (κ2) is 10.5. The molecule has 0 unspecified atom stereocenters. The molecular weight excluding hydrogens is 482 g/mol. The van der Waals surface area contributed by atoms with Crippen LogP contribution in [0.5, 0.6) is 0 Å². The van der Waals surface area contributed by atoms with Crippen molar-refractivity contribution in [1.82, 2.24) is 0 Å². The Morgan fingerprint density at radius 3 is 1.93 bits per heavy atom. The molecule has 0 amide bonds. The summed E-state index contributed by atoms with van der Waals surface area (Å²) in [7, 11) is 1.96. The second-order valence-electron chi connectivity index (χ2n) is 10.9. The Morgan fingerprint density at radius 1 is 0.475 bits per heavy atom. The van der Waals surface area contributed by atoms with Gasteiger partial charge in [0.15, 0.2) is 0 Å². The number of hydrogen-bond acceptors (Lipinski definition) is 1. The summed E-state index contributed by atoms with van der Waals surface area (Å²) in [6, 6.07) is 42.5. The number of hydrogen-bond donors (Lipinski definition) is 1. The summed E-state index contributed by atoms with van der Waals surface area (Å²) in [6.45, 7) is 8.86. The van der Waals surface area contributed by atoms with E-state index in [0.29, 0.717) is 0 Å². The van der Waals surface area contributed by atoms with Crippen LogP contribution in [0.3, 0.4) is 0 Å². The van der Waals surface area contributed by atoms with E-state index in [1.54, 1.807) is 0 Å². The molecule has 1 nitrogen and oxygen atoms in total. The van der Waals surface area contributed by atoms with Crippen molar-refractivity contribution in [2.75, 3.05) is 12.4 Å². The van der Waals surface area contributed by atoms with Gasteiger partial charge in [-0.25, -0.2) is 0 Å². The SMILES string of the molecule is CNc1ccc(-c2ccc(-c3cc(C)cc(C)c3)cc2-c2cccc(-c3c(C)ccc4ccccc34)c2C)cc1. The van der Waals surface area contributed by atoms with Crippen LogP contribution in [0, 0.1) is 27.7 Å². The van der Waals surface area contributed by atoms with Gasteiger partial charge in [-0.1, -0.05) is 108 Å². The van der Waals surface area contributed by atoms with Crippen LogP contribution in [0.15, 0.2) is 115 Å². The fourth-order valence-corrected chi connectivity index (χ4v) is 6.09. The van der Waals surface area contributed by atoms with Gasteiger partial charge in [0.2, 0.25) is 0 Å². The van der Waals surface area contributed by atoms with E-state index in [0.717, 1.165) is 5.69 Å². The van der Waals surface area contributed by atoms with Crippen molar-refractivity contribution < 1.29 is 0 Å². The van der Waals surface area contributed by atoms with Crippen molar-refractivity contribution in [2.24, 2.45) is 0 Å². The van der Waals surface area contributed by atoms with Crippen LogP contribution in [0.2, 0.25) is 0 Å². The topological polar surface area (TPSA) is 12.0 Å². The Kier molecular flexibility index (Phi) is 6.74. The molecule has 196 valence electrons. The van der Waals surface area contributed by atoms with Gasteiger partial charge in [0.1, 0.15) is 0 Å². The van der Waals surface area contributed by atoms with Gasteiger partial charge < -0.3 is 5.32 Å². The molecule has 0 aliphatic rings. The molecule has 6 rings (SSSR count). The highest BCUT2D eigenvalue weighted by atomic mass is 14.8. The molecule has 0 radical (unpaired) electrons. The van der Waals surface area contributed by atoms with E-state index in [-0.39, 0.29) is 0 Å². The smallest absolute Gasteiger partial charge is 0.0337 e. The Labute approximate surface area is 238 Å². The highest BCUT2D eigenvalue weighted by Crippen LogP contribution is 2.42. The van der Waals surface area contributed by atoms with E-state index in [1.165, 1.54) is 77.5 Å². The lowest BCUT2D eigenvalue weighted by Crippen LogP contribution is -1.95. The fraction of sp³-hybridized carbons (Fsp3) is 0.128. The molecule has 6 aromatic rings. The highest BCUT2D eigenvalue weighted by Gasteiger charge is 2.17. The lowest BCUT2D eigenvalue weighted by atomic mass is 9.85. The average molecular weight is 518 g/mol. The highest BCUT2D eigenvalue weighted by molar-refractivity contribution is 6.00. The molecule has 0 fully saturated rings. The average Bonchev–Trinajstić information content (AvgIpc) is 2.97. The second-order valence-corrected chi connectivity index (χ2v) is 10.9. The first-order chi connectivity index (χ1) is 19.4. The standard InChI is InChI=1S/C39H35N/c1-25-21-26(2)23-32(22-25)31-17-20-36(30-15-18-33(40-5)19-16-30)38(24-31)34-11-8-12-35(28(34)4)39-27(3)13-14-29-9-6-7-10-37(29)39/h6-24,40H,1-5H3. The quantitative estimate of drug-likeness (QED) is 0.240. The van der Waals surface area contributed by atoms with E-state index in [4.69, 9.17) is 0 Å². The maximum atomic E-state index is 3.25. The van der Waals surface area contributed by atoms with Crippen molar-refractivity contribution in [2.45, 2.75) is 27.7 Å². The van der Waals surface area contributed by atoms with E-state index in [2.05, 4.69) is 148 Å².